The lowest BCUT2D eigenvalue weighted by Crippen LogP contribution is -2.65. The summed E-state index contributed by atoms with van der Waals surface area (Å²) in [5.74, 6) is 2.75. The molecule has 0 radical (unpaired) electrons. The van der Waals surface area contributed by atoms with E-state index in [4.69, 9.17) is 4.74 Å². The van der Waals surface area contributed by atoms with Crippen molar-refractivity contribution in [2.45, 2.75) is 112 Å². The first kappa shape index (κ1) is 28.5. The van der Waals surface area contributed by atoms with Crippen molar-refractivity contribution in [1.82, 2.24) is 4.98 Å². The van der Waals surface area contributed by atoms with E-state index in [0.29, 0.717) is 30.3 Å². The van der Waals surface area contributed by atoms with E-state index in [1.54, 1.807) is 0 Å². The van der Waals surface area contributed by atoms with Gasteiger partial charge < -0.3 is 14.8 Å². The van der Waals surface area contributed by atoms with Crippen molar-refractivity contribution in [3.8, 4) is 5.75 Å². The van der Waals surface area contributed by atoms with Gasteiger partial charge in [0.05, 0.1) is 12.0 Å². The Kier molecular flexibility index (Phi) is 6.06. The van der Waals surface area contributed by atoms with Crippen molar-refractivity contribution in [2.24, 2.45) is 51.2 Å². The highest BCUT2D eigenvalue weighted by molar-refractivity contribution is 5.87. The molecular weight excluding hydrogens is 518 g/mol. The normalized spacial score (nSPS) is 43.7. The maximum absolute atomic E-state index is 13.0. The number of H-pyrrole nitrogens is 1. The molecule has 0 aliphatic heterocycles. The summed E-state index contributed by atoms with van der Waals surface area (Å²) in [7, 11) is 0. The molecule has 1 aromatic heterocycles. The highest BCUT2D eigenvalue weighted by Gasteiger charge is 2.69. The van der Waals surface area contributed by atoms with Gasteiger partial charge in [-0.25, -0.2) is 0 Å². The molecule has 2 N–H and O–H groups in total. The minimum Gasteiger partial charge on any atom is -0.494 e. The van der Waals surface area contributed by atoms with Crippen LogP contribution in [-0.4, -0.2) is 22.7 Å². The Morgan fingerprint density at radius 1 is 1.02 bits per heavy atom. The molecule has 5 aliphatic rings. The summed E-state index contributed by atoms with van der Waals surface area (Å²) >= 11 is 0. The van der Waals surface area contributed by atoms with Crippen molar-refractivity contribution >= 4 is 16.9 Å². The largest absolute Gasteiger partial charge is 0.494 e. The van der Waals surface area contributed by atoms with Crippen molar-refractivity contribution < 1.29 is 14.6 Å². The summed E-state index contributed by atoms with van der Waals surface area (Å²) in [5, 5.41) is 12.1. The molecule has 1 heterocycles. The molecule has 0 unspecified atom stereocenters. The second-order valence-electron chi connectivity index (χ2n) is 16.6. The van der Waals surface area contributed by atoms with Gasteiger partial charge in [-0.1, -0.05) is 60.1 Å². The van der Waals surface area contributed by atoms with E-state index >= 15 is 0 Å². The molecule has 5 aliphatic carbocycles. The molecule has 0 amide bonds. The molecule has 1 aromatic carbocycles. The number of benzene rings is 1. The van der Waals surface area contributed by atoms with Crippen LogP contribution in [0.25, 0.3) is 10.9 Å². The average Bonchev–Trinajstić information content (AvgIpc) is 3.29. The molecule has 0 spiro atoms. The van der Waals surface area contributed by atoms with E-state index in [0.717, 1.165) is 44.3 Å². The Hall–Kier alpha value is -2.23. The van der Waals surface area contributed by atoms with Crippen LogP contribution in [0.15, 0.2) is 29.8 Å². The van der Waals surface area contributed by atoms with Gasteiger partial charge in [-0.05, 0) is 128 Å². The molecule has 4 heteroatoms. The van der Waals surface area contributed by atoms with Crippen molar-refractivity contribution in [1.29, 1.82) is 0 Å². The fourth-order valence-corrected chi connectivity index (χ4v) is 12.4. The number of aliphatic carboxylic acids is 1. The summed E-state index contributed by atoms with van der Waals surface area (Å²) < 4.78 is 5.95. The minimum absolute atomic E-state index is 0.0472. The van der Waals surface area contributed by atoms with E-state index in [2.05, 4.69) is 84.6 Å². The van der Waals surface area contributed by atoms with Gasteiger partial charge in [0.15, 0.2) is 0 Å². The summed E-state index contributed by atoms with van der Waals surface area (Å²) in [5.41, 5.74) is 5.54. The first-order chi connectivity index (χ1) is 19.7. The number of carboxylic acids is 1. The van der Waals surface area contributed by atoms with Gasteiger partial charge >= 0.3 is 5.97 Å². The number of aromatic nitrogens is 1. The summed E-state index contributed by atoms with van der Waals surface area (Å²) in [6.07, 6.45) is 11.0. The molecule has 42 heavy (non-hydrogen) atoms. The zero-order valence-electron chi connectivity index (χ0n) is 27.3. The summed E-state index contributed by atoms with van der Waals surface area (Å²) in [6, 6.07) is 6.59. The van der Waals surface area contributed by atoms with Crippen LogP contribution >= 0.6 is 0 Å². The number of allylic oxidation sites excluding steroid dienone is 2. The SMILES string of the molecule is CCOc1ccc2[nH]c3c(c2c1)C[C@]1(C)[C@H]2CC=C4[C@@H]5[C@@H](C)[C@H](C)CC[C@]5(C(=O)O)CC[C@@]4(C)[C@]2(C)CC[C@H]1C3(C)C. The Balaban J connectivity index is 1.36. The predicted molar refractivity (Wildman–Crippen MR) is 170 cm³/mol. The number of ether oxygens (including phenoxy) is 1. The Morgan fingerprint density at radius 2 is 1.79 bits per heavy atom. The highest BCUT2D eigenvalue weighted by atomic mass is 16.5. The predicted octanol–water partition coefficient (Wildman–Crippen LogP) is 9.32. The standard InChI is InChI=1S/C38H53NO3/c1-9-42-24-10-12-28-25(20-24)26-21-35(6)29(34(4,5)32(26)39-28)15-16-37(8)30(35)13-11-27-31-23(3)22(2)14-17-38(31,33(40)41)19-18-36(27,37)7/h10-12,20,22-23,29-31,39H,9,13-19,21H2,1-8H3,(H,40,41)/t22-,23+,29+,30-,31+,35+,36-,37-,38+/m1/s1. The third-order valence-electron chi connectivity index (χ3n) is 14.9. The molecule has 7 rings (SSSR count). The van der Waals surface area contributed by atoms with Crippen LogP contribution in [0.3, 0.4) is 0 Å². The molecule has 4 nitrogen and oxygen atoms in total. The fraction of sp³-hybridized carbons (Fsp3) is 0.711. The first-order valence-corrected chi connectivity index (χ1v) is 17.0. The average molecular weight is 572 g/mol. The topological polar surface area (TPSA) is 62.3 Å². The summed E-state index contributed by atoms with van der Waals surface area (Å²) in [6.45, 7) is 20.3. The zero-order chi connectivity index (χ0) is 30.0. The molecule has 3 fully saturated rings. The number of carboxylic acid groups (broad SMARTS) is 1. The molecule has 9 atom stereocenters. The van der Waals surface area contributed by atoms with E-state index < -0.39 is 11.4 Å². The Labute approximate surface area is 253 Å². The van der Waals surface area contributed by atoms with E-state index in [1.165, 1.54) is 40.6 Å². The molecule has 0 saturated heterocycles. The zero-order valence-corrected chi connectivity index (χ0v) is 27.3. The number of carbonyl (C=O) groups is 1. The maximum Gasteiger partial charge on any atom is 0.310 e. The van der Waals surface area contributed by atoms with E-state index in [9.17, 15) is 9.90 Å². The monoisotopic (exact) mass is 571 g/mol. The Bertz CT molecular complexity index is 1480. The van der Waals surface area contributed by atoms with Gasteiger partial charge in [0, 0.05) is 22.0 Å². The minimum atomic E-state index is -0.578. The van der Waals surface area contributed by atoms with Gasteiger partial charge in [-0.3, -0.25) is 4.79 Å². The number of hydrogen-bond acceptors (Lipinski definition) is 2. The quantitative estimate of drug-likeness (QED) is 0.361. The first-order valence-electron chi connectivity index (χ1n) is 17.0. The molecule has 2 aromatic rings. The van der Waals surface area contributed by atoms with Crippen LogP contribution in [0, 0.1) is 51.2 Å². The Morgan fingerprint density at radius 3 is 2.50 bits per heavy atom. The number of rotatable bonds is 3. The fourth-order valence-electron chi connectivity index (χ4n) is 12.4. The van der Waals surface area contributed by atoms with Gasteiger partial charge in [-0.15, -0.1) is 0 Å². The van der Waals surface area contributed by atoms with Gasteiger partial charge in [0.25, 0.3) is 0 Å². The number of nitrogens with one attached hydrogen (secondary N) is 1. The maximum atomic E-state index is 13.0. The van der Waals surface area contributed by atoms with Gasteiger partial charge in [0.1, 0.15) is 5.75 Å². The van der Waals surface area contributed by atoms with Gasteiger partial charge in [0.2, 0.25) is 0 Å². The third-order valence-corrected chi connectivity index (χ3v) is 14.9. The van der Waals surface area contributed by atoms with Gasteiger partial charge in [-0.2, -0.15) is 0 Å². The smallest absolute Gasteiger partial charge is 0.310 e. The van der Waals surface area contributed by atoms with Crippen LogP contribution in [0.4, 0.5) is 0 Å². The lowest BCUT2D eigenvalue weighted by molar-refractivity contribution is -0.179. The second-order valence-corrected chi connectivity index (χ2v) is 16.6. The molecule has 3 saturated carbocycles. The van der Waals surface area contributed by atoms with Crippen molar-refractivity contribution in [2.75, 3.05) is 6.61 Å². The lowest BCUT2D eigenvalue weighted by atomic mass is 9.33. The van der Waals surface area contributed by atoms with Crippen molar-refractivity contribution in [3.63, 3.8) is 0 Å². The molecule has 0 bridgehead atoms. The highest BCUT2D eigenvalue weighted by Crippen LogP contribution is 2.75. The van der Waals surface area contributed by atoms with Crippen LogP contribution in [-0.2, 0) is 16.6 Å². The number of hydrogen-bond donors (Lipinski definition) is 2. The third kappa shape index (κ3) is 3.33. The van der Waals surface area contributed by atoms with Crippen LogP contribution in [0.5, 0.6) is 5.75 Å². The van der Waals surface area contributed by atoms with Crippen molar-refractivity contribution in [3.05, 3.63) is 41.1 Å². The molecular formula is C38H53NO3. The van der Waals surface area contributed by atoms with Crippen LogP contribution in [0.2, 0.25) is 0 Å². The van der Waals surface area contributed by atoms with E-state index in [-0.39, 0.29) is 27.6 Å². The number of fused-ring (bicyclic) bond motifs is 10. The second kappa shape index (κ2) is 8.91. The van der Waals surface area contributed by atoms with Crippen LogP contribution in [0.1, 0.15) is 112 Å². The molecule has 228 valence electrons. The lowest BCUT2D eigenvalue weighted by Gasteiger charge is -2.70. The number of aromatic amines is 1. The van der Waals surface area contributed by atoms with Crippen LogP contribution < -0.4 is 4.74 Å². The van der Waals surface area contributed by atoms with E-state index in [1.807, 2.05) is 0 Å². The summed E-state index contributed by atoms with van der Waals surface area (Å²) in [4.78, 5) is 16.9.